The minimum atomic E-state index is -0.0173. The third kappa shape index (κ3) is 2.02. The number of Topliss-reactive ketones (excluding diaryl/α,β-unsaturated/α-hetero) is 1. The molecule has 0 aromatic heterocycles. The average molecular weight is 398 g/mol. The fourth-order valence-electron chi connectivity index (χ4n) is 5.91. The highest BCUT2D eigenvalue weighted by molar-refractivity contribution is 14.1. The van der Waals surface area contributed by atoms with Crippen LogP contribution >= 0.6 is 22.6 Å². The molecule has 3 saturated carbocycles. The maximum absolute atomic E-state index is 12.3. The molecule has 1 unspecified atom stereocenters. The Morgan fingerprint density at radius 3 is 2.76 bits per heavy atom. The van der Waals surface area contributed by atoms with E-state index in [0.29, 0.717) is 23.4 Å². The smallest absolute Gasteiger partial charge is 0.168 e. The van der Waals surface area contributed by atoms with Gasteiger partial charge in [0.05, 0.1) is 3.92 Å². The predicted octanol–water partition coefficient (Wildman–Crippen LogP) is 4.11. The lowest BCUT2D eigenvalue weighted by molar-refractivity contribution is -0.131. The molecular weight excluding hydrogens is 375 g/mol. The zero-order valence-electron chi connectivity index (χ0n) is 12.6. The number of ketones is 2. The van der Waals surface area contributed by atoms with E-state index >= 15 is 0 Å². The van der Waals surface area contributed by atoms with Crippen LogP contribution in [-0.4, -0.2) is 15.5 Å². The zero-order chi connectivity index (χ0) is 14.8. The molecule has 6 atom stereocenters. The lowest BCUT2D eigenvalue weighted by Gasteiger charge is -2.52. The van der Waals surface area contributed by atoms with E-state index in [2.05, 4.69) is 29.5 Å². The van der Waals surface area contributed by atoms with Crippen LogP contribution in [0.1, 0.15) is 51.9 Å². The molecule has 4 aliphatic carbocycles. The van der Waals surface area contributed by atoms with Crippen molar-refractivity contribution in [1.29, 1.82) is 0 Å². The maximum Gasteiger partial charge on any atom is 0.168 e. The topological polar surface area (TPSA) is 34.1 Å². The Kier molecular flexibility index (Phi) is 3.36. The van der Waals surface area contributed by atoms with Crippen molar-refractivity contribution in [2.75, 3.05) is 0 Å². The highest BCUT2D eigenvalue weighted by Crippen LogP contribution is 2.60. The number of carbonyl (C=O) groups excluding carboxylic acids is 2. The standard InChI is InChI=1S/C18H23IO2/c1-18-7-6-11-12(14(18)4-5-17(18)21)3-2-10-8-16(20)15(19)9-13(10)11/h8,11-15H,2-7,9H2,1H3/t11-,12+,13-,14-,15?,18-/m0/s1. The number of fused-ring (bicyclic) bond motifs is 5. The van der Waals surface area contributed by atoms with Crippen LogP contribution < -0.4 is 0 Å². The molecule has 2 nitrogen and oxygen atoms in total. The molecular formula is C18H23IO2. The summed E-state index contributed by atoms with van der Waals surface area (Å²) in [6, 6.07) is 0. The number of alkyl halides is 1. The predicted molar refractivity (Wildman–Crippen MR) is 90.3 cm³/mol. The van der Waals surface area contributed by atoms with Gasteiger partial charge in [0.15, 0.2) is 5.78 Å². The Balaban J connectivity index is 1.65. The van der Waals surface area contributed by atoms with Gasteiger partial charge in [0, 0.05) is 11.8 Å². The van der Waals surface area contributed by atoms with Gasteiger partial charge >= 0.3 is 0 Å². The van der Waals surface area contributed by atoms with E-state index in [1.165, 1.54) is 18.4 Å². The summed E-state index contributed by atoms with van der Waals surface area (Å²) < 4.78 is 0.175. The molecule has 0 aromatic carbocycles. The van der Waals surface area contributed by atoms with Crippen LogP contribution in [-0.2, 0) is 9.59 Å². The Labute approximate surface area is 140 Å². The van der Waals surface area contributed by atoms with Crippen molar-refractivity contribution < 1.29 is 9.59 Å². The van der Waals surface area contributed by atoms with Gasteiger partial charge in [-0.1, -0.05) is 35.1 Å². The molecule has 21 heavy (non-hydrogen) atoms. The van der Waals surface area contributed by atoms with Gasteiger partial charge in [-0.05, 0) is 68.3 Å². The SMILES string of the molecule is C[C@]12CC[C@H]3[C@@H](CCC4=CC(=O)C(I)C[C@@H]43)[C@@H]1CCC2=O. The maximum atomic E-state index is 12.3. The fourth-order valence-corrected chi connectivity index (χ4v) is 6.64. The van der Waals surface area contributed by atoms with Gasteiger partial charge in [0.1, 0.15) is 5.78 Å². The quantitative estimate of drug-likeness (QED) is 0.455. The van der Waals surface area contributed by atoms with E-state index in [9.17, 15) is 9.59 Å². The second kappa shape index (κ2) is 4.90. The Bertz CT molecular complexity index is 537. The number of allylic oxidation sites excluding steroid dienone is 1. The summed E-state index contributed by atoms with van der Waals surface area (Å²) in [7, 11) is 0. The Morgan fingerprint density at radius 2 is 1.95 bits per heavy atom. The number of hydrogen-bond acceptors (Lipinski definition) is 2. The summed E-state index contributed by atoms with van der Waals surface area (Å²) in [4.78, 5) is 24.3. The van der Waals surface area contributed by atoms with E-state index in [4.69, 9.17) is 0 Å². The second-order valence-electron chi connectivity index (χ2n) is 7.82. The minimum Gasteiger partial charge on any atom is -0.299 e. The van der Waals surface area contributed by atoms with Crippen LogP contribution in [0.5, 0.6) is 0 Å². The molecule has 0 aliphatic heterocycles. The van der Waals surface area contributed by atoms with Gasteiger partial charge in [0.25, 0.3) is 0 Å². The van der Waals surface area contributed by atoms with Gasteiger partial charge < -0.3 is 0 Å². The van der Waals surface area contributed by atoms with Crippen molar-refractivity contribution >= 4 is 34.2 Å². The molecule has 0 heterocycles. The largest absolute Gasteiger partial charge is 0.299 e. The van der Waals surface area contributed by atoms with Crippen molar-refractivity contribution in [2.24, 2.45) is 29.1 Å². The van der Waals surface area contributed by atoms with Crippen molar-refractivity contribution in [1.82, 2.24) is 0 Å². The summed E-state index contributed by atoms with van der Waals surface area (Å²) in [6.45, 7) is 2.24. The van der Waals surface area contributed by atoms with Gasteiger partial charge in [-0.25, -0.2) is 0 Å². The summed E-state index contributed by atoms with van der Waals surface area (Å²) in [5, 5.41) is 0. The molecule has 3 heteroatoms. The highest BCUT2D eigenvalue weighted by Gasteiger charge is 2.56. The Morgan fingerprint density at radius 1 is 1.14 bits per heavy atom. The van der Waals surface area contributed by atoms with E-state index in [1.807, 2.05) is 6.08 Å². The molecule has 0 radical (unpaired) electrons. The Hall–Kier alpha value is -0.190. The number of carbonyl (C=O) groups is 2. The third-order valence-corrected chi connectivity index (χ3v) is 8.18. The molecule has 0 spiro atoms. The van der Waals surface area contributed by atoms with Crippen LogP contribution in [0.2, 0.25) is 0 Å². The number of halogens is 1. The first-order valence-corrected chi connectivity index (χ1v) is 9.67. The molecule has 0 bridgehead atoms. The van der Waals surface area contributed by atoms with Crippen LogP contribution in [0.4, 0.5) is 0 Å². The average Bonchev–Trinajstić information content (AvgIpc) is 2.76. The van der Waals surface area contributed by atoms with Crippen molar-refractivity contribution in [2.45, 2.75) is 55.8 Å². The zero-order valence-corrected chi connectivity index (χ0v) is 14.8. The van der Waals surface area contributed by atoms with Crippen molar-refractivity contribution in [3.8, 4) is 0 Å². The summed E-state index contributed by atoms with van der Waals surface area (Å²) in [6.07, 6.45) is 9.53. The number of rotatable bonds is 0. The molecule has 0 amide bonds. The summed E-state index contributed by atoms with van der Waals surface area (Å²) >= 11 is 2.32. The van der Waals surface area contributed by atoms with E-state index in [0.717, 1.165) is 43.9 Å². The molecule has 0 aromatic rings. The van der Waals surface area contributed by atoms with Crippen LogP contribution in [0.15, 0.2) is 11.6 Å². The lowest BCUT2D eigenvalue weighted by atomic mass is 9.52. The summed E-state index contributed by atoms with van der Waals surface area (Å²) in [5.41, 5.74) is 1.42. The third-order valence-electron chi connectivity index (χ3n) is 7.06. The lowest BCUT2D eigenvalue weighted by Crippen LogP contribution is -2.47. The molecule has 0 N–H and O–H groups in total. The number of hydrogen-bond donors (Lipinski definition) is 0. The van der Waals surface area contributed by atoms with Gasteiger partial charge in [-0.3, -0.25) is 9.59 Å². The molecule has 3 fully saturated rings. The molecule has 4 aliphatic rings. The van der Waals surface area contributed by atoms with Crippen LogP contribution in [0, 0.1) is 29.1 Å². The normalized spacial score (nSPS) is 49.2. The highest BCUT2D eigenvalue weighted by atomic mass is 127. The van der Waals surface area contributed by atoms with E-state index in [-0.39, 0.29) is 9.34 Å². The molecule has 0 saturated heterocycles. The summed E-state index contributed by atoms with van der Waals surface area (Å²) in [5.74, 6) is 3.57. The van der Waals surface area contributed by atoms with Crippen molar-refractivity contribution in [3.05, 3.63) is 11.6 Å². The second-order valence-corrected chi connectivity index (χ2v) is 9.33. The first kappa shape index (κ1) is 14.4. The first-order chi connectivity index (χ1) is 10.0. The minimum absolute atomic E-state index is 0.0173. The van der Waals surface area contributed by atoms with Gasteiger partial charge in [0.2, 0.25) is 0 Å². The van der Waals surface area contributed by atoms with Crippen LogP contribution in [0.25, 0.3) is 0 Å². The van der Waals surface area contributed by atoms with Gasteiger partial charge in [-0.2, -0.15) is 0 Å². The van der Waals surface area contributed by atoms with Crippen LogP contribution in [0.3, 0.4) is 0 Å². The van der Waals surface area contributed by atoms with E-state index < -0.39 is 0 Å². The van der Waals surface area contributed by atoms with E-state index in [1.54, 1.807) is 0 Å². The monoisotopic (exact) mass is 398 g/mol. The molecule has 4 rings (SSSR count). The van der Waals surface area contributed by atoms with Gasteiger partial charge in [-0.15, -0.1) is 0 Å². The first-order valence-electron chi connectivity index (χ1n) is 8.42. The van der Waals surface area contributed by atoms with Crippen molar-refractivity contribution in [3.63, 3.8) is 0 Å². The molecule has 114 valence electrons. The fraction of sp³-hybridized carbons (Fsp3) is 0.778.